The van der Waals surface area contributed by atoms with Crippen LogP contribution >= 0.6 is 11.3 Å². The number of pyridine rings is 1. The van der Waals surface area contributed by atoms with Gasteiger partial charge >= 0.3 is 0 Å². The van der Waals surface area contributed by atoms with E-state index < -0.39 is 0 Å². The molecule has 2 aromatic rings. The fourth-order valence-electron chi connectivity index (χ4n) is 3.66. The Morgan fingerprint density at radius 1 is 1.24 bits per heavy atom. The second-order valence-electron chi connectivity index (χ2n) is 6.65. The zero-order valence-corrected chi connectivity index (χ0v) is 14.7. The van der Waals surface area contributed by atoms with E-state index in [1.54, 1.807) is 12.4 Å². The van der Waals surface area contributed by atoms with E-state index in [1.165, 1.54) is 24.2 Å². The average Bonchev–Trinajstić information content (AvgIpc) is 3.35. The van der Waals surface area contributed by atoms with Crippen molar-refractivity contribution in [2.24, 2.45) is 5.92 Å². The van der Waals surface area contributed by atoms with E-state index in [9.17, 15) is 9.59 Å². The smallest absolute Gasteiger partial charge is 0.230 e. The molecule has 2 aliphatic rings. The van der Waals surface area contributed by atoms with E-state index in [0.29, 0.717) is 24.8 Å². The number of carbonyl (C=O) groups is 2. The Morgan fingerprint density at radius 3 is 2.76 bits per heavy atom. The third-order valence-corrected chi connectivity index (χ3v) is 5.87. The van der Waals surface area contributed by atoms with Gasteiger partial charge in [0.1, 0.15) is 10.8 Å². The Balaban J connectivity index is 1.39. The summed E-state index contributed by atoms with van der Waals surface area (Å²) in [7, 11) is 0. The van der Waals surface area contributed by atoms with Gasteiger partial charge in [0, 0.05) is 42.3 Å². The molecular formula is C18H20N4O2S. The quantitative estimate of drug-likeness (QED) is 0.914. The standard InChI is InChI=1S/C18H20N4O2S/c23-16-9-13(10-22(16)14-3-1-2-4-14)17(24)20-15-11-25-18(21-15)12-5-7-19-8-6-12/h5-8,11,13-14H,1-4,9-10H2,(H,20,24). The van der Waals surface area contributed by atoms with Crippen LogP contribution in [0.15, 0.2) is 29.9 Å². The number of nitrogens with zero attached hydrogens (tertiary/aromatic N) is 3. The van der Waals surface area contributed by atoms with Gasteiger partial charge in [-0.1, -0.05) is 12.8 Å². The second kappa shape index (κ2) is 6.92. The molecule has 1 saturated carbocycles. The Kier molecular flexibility index (Phi) is 4.48. The minimum atomic E-state index is -0.279. The van der Waals surface area contributed by atoms with Gasteiger partial charge in [-0.05, 0) is 25.0 Å². The van der Waals surface area contributed by atoms with Gasteiger partial charge in [0.15, 0.2) is 0 Å². The topological polar surface area (TPSA) is 75.2 Å². The molecule has 0 aromatic carbocycles. The minimum absolute atomic E-state index is 0.111. The van der Waals surface area contributed by atoms with Crippen LogP contribution in [0.1, 0.15) is 32.1 Å². The highest BCUT2D eigenvalue weighted by atomic mass is 32.1. The van der Waals surface area contributed by atoms with Crippen LogP contribution in [-0.4, -0.2) is 39.3 Å². The molecule has 25 heavy (non-hydrogen) atoms. The predicted molar refractivity (Wildman–Crippen MR) is 96.1 cm³/mol. The van der Waals surface area contributed by atoms with E-state index in [1.807, 2.05) is 22.4 Å². The Labute approximate surface area is 150 Å². The summed E-state index contributed by atoms with van der Waals surface area (Å²) in [5.41, 5.74) is 0.976. The maximum absolute atomic E-state index is 12.5. The first kappa shape index (κ1) is 16.2. The molecular weight excluding hydrogens is 336 g/mol. The lowest BCUT2D eigenvalue weighted by Gasteiger charge is -2.23. The van der Waals surface area contributed by atoms with Crippen LogP contribution in [-0.2, 0) is 9.59 Å². The first-order valence-electron chi connectivity index (χ1n) is 8.67. The molecule has 0 radical (unpaired) electrons. The average molecular weight is 356 g/mol. The van der Waals surface area contributed by atoms with Crippen molar-refractivity contribution in [3.8, 4) is 10.6 Å². The van der Waals surface area contributed by atoms with Crippen molar-refractivity contribution >= 4 is 29.0 Å². The fourth-order valence-corrected chi connectivity index (χ4v) is 4.42. The number of amides is 2. The van der Waals surface area contributed by atoms with Crippen LogP contribution in [0.2, 0.25) is 0 Å². The Bertz CT molecular complexity index is 770. The maximum atomic E-state index is 12.5. The van der Waals surface area contributed by atoms with Gasteiger partial charge in [-0.3, -0.25) is 14.6 Å². The van der Waals surface area contributed by atoms with Gasteiger partial charge in [0.25, 0.3) is 0 Å². The number of nitrogens with one attached hydrogen (secondary N) is 1. The molecule has 6 nitrogen and oxygen atoms in total. The normalized spacial score (nSPS) is 21.0. The van der Waals surface area contributed by atoms with Gasteiger partial charge in [0.05, 0.1) is 5.92 Å². The highest BCUT2D eigenvalue weighted by molar-refractivity contribution is 7.13. The van der Waals surface area contributed by atoms with E-state index in [4.69, 9.17) is 0 Å². The lowest BCUT2D eigenvalue weighted by Crippen LogP contribution is -2.35. The molecule has 0 spiro atoms. The van der Waals surface area contributed by atoms with E-state index in [0.717, 1.165) is 23.4 Å². The molecule has 1 N–H and O–H groups in total. The van der Waals surface area contributed by atoms with Crippen LogP contribution in [0.25, 0.3) is 10.6 Å². The molecule has 3 heterocycles. The van der Waals surface area contributed by atoms with Crippen molar-refractivity contribution in [3.05, 3.63) is 29.9 Å². The second-order valence-corrected chi connectivity index (χ2v) is 7.51. The van der Waals surface area contributed by atoms with Crippen molar-refractivity contribution in [1.82, 2.24) is 14.9 Å². The fraction of sp³-hybridized carbons (Fsp3) is 0.444. The van der Waals surface area contributed by atoms with Crippen molar-refractivity contribution < 1.29 is 9.59 Å². The molecule has 1 aliphatic heterocycles. The van der Waals surface area contributed by atoms with Gasteiger partial charge < -0.3 is 10.2 Å². The monoisotopic (exact) mass is 356 g/mol. The summed E-state index contributed by atoms with van der Waals surface area (Å²) in [4.78, 5) is 35.2. The lowest BCUT2D eigenvalue weighted by molar-refractivity contribution is -0.129. The molecule has 7 heteroatoms. The Morgan fingerprint density at radius 2 is 2.00 bits per heavy atom. The molecule has 1 aliphatic carbocycles. The van der Waals surface area contributed by atoms with Gasteiger partial charge in [-0.25, -0.2) is 4.98 Å². The third-order valence-electron chi connectivity index (χ3n) is 4.98. The number of anilines is 1. The molecule has 2 aromatic heterocycles. The molecule has 4 rings (SSSR count). The van der Waals surface area contributed by atoms with Crippen LogP contribution in [0.4, 0.5) is 5.82 Å². The zero-order valence-electron chi connectivity index (χ0n) is 13.9. The summed E-state index contributed by atoms with van der Waals surface area (Å²) < 4.78 is 0. The molecule has 1 unspecified atom stereocenters. The van der Waals surface area contributed by atoms with Gasteiger partial charge in [0.2, 0.25) is 11.8 Å². The number of rotatable bonds is 4. The summed E-state index contributed by atoms with van der Waals surface area (Å²) in [5, 5.41) is 5.54. The third kappa shape index (κ3) is 3.42. The van der Waals surface area contributed by atoms with Crippen LogP contribution in [0.3, 0.4) is 0 Å². The summed E-state index contributed by atoms with van der Waals surface area (Å²) in [6.07, 6.45) is 8.25. The SMILES string of the molecule is O=C(Nc1csc(-c2ccncc2)n1)C1CC(=O)N(C2CCCC2)C1. The number of likely N-dealkylation sites (tertiary alicyclic amines) is 1. The summed E-state index contributed by atoms with van der Waals surface area (Å²) >= 11 is 1.48. The molecule has 0 bridgehead atoms. The number of aromatic nitrogens is 2. The zero-order chi connectivity index (χ0) is 17.2. The maximum Gasteiger partial charge on any atom is 0.230 e. The summed E-state index contributed by atoms with van der Waals surface area (Å²) in [6, 6.07) is 4.11. The van der Waals surface area contributed by atoms with Gasteiger partial charge in [-0.15, -0.1) is 11.3 Å². The highest BCUT2D eigenvalue weighted by Gasteiger charge is 2.38. The van der Waals surface area contributed by atoms with Crippen molar-refractivity contribution in [1.29, 1.82) is 0 Å². The lowest BCUT2D eigenvalue weighted by atomic mass is 10.1. The van der Waals surface area contributed by atoms with E-state index in [-0.39, 0.29) is 17.7 Å². The highest BCUT2D eigenvalue weighted by Crippen LogP contribution is 2.30. The van der Waals surface area contributed by atoms with Crippen LogP contribution < -0.4 is 5.32 Å². The molecule has 130 valence electrons. The number of hydrogen-bond acceptors (Lipinski definition) is 5. The predicted octanol–water partition coefficient (Wildman–Crippen LogP) is 2.93. The van der Waals surface area contributed by atoms with Crippen molar-refractivity contribution in [2.75, 3.05) is 11.9 Å². The number of thiazole rings is 1. The molecule has 1 atom stereocenters. The van der Waals surface area contributed by atoms with E-state index in [2.05, 4.69) is 15.3 Å². The Hall–Kier alpha value is -2.28. The number of carbonyl (C=O) groups excluding carboxylic acids is 2. The molecule has 1 saturated heterocycles. The van der Waals surface area contributed by atoms with Crippen LogP contribution in [0.5, 0.6) is 0 Å². The van der Waals surface area contributed by atoms with Crippen LogP contribution in [0, 0.1) is 5.92 Å². The molecule has 2 fully saturated rings. The molecule has 2 amide bonds. The van der Waals surface area contributed by atoms with E-state index >= 15 is 0 Å². The van der Waals surface area contributed by atoms with Crippen molar-refractivity contribution in [3.63, 3.8) is 0 Å². The largest absolute Gasteiger partial charge is 0.339 e. The van der Waals surface area contributed by atoms with Gasteiger partial charge in [-0.2, -0.15) is 0 Å². The summed E-state index contributed by atoms with van der Waals surface area (Å²) in [6.45, 7) is 0.538. The van der Waals surface area contributed by atoms with Crippen molar-refractivity contribution in [2.45, 2.75) is 38.1 Å². The first-order chi connectivity index (χ1) is 12.2. The minimum Gasteiger partial charge on any atom is -0.339 e. The first-order valence-corrected chi connectivity index (χ1v) is 9.55. The summed E-state index contributed by atoms with van der Waals surface area (Å²) in [5.74, 6) is 0.274. The number of hydrogen-bond donors (Lipinski definition) is 1.